The van der Waals surface area contributed by atoms with Crippen LogP contribution in [0.2, 0.25) is 77.6 Å². The number of nitrogens with one attached hydrogen (secondary N) is 3. The summed E-state index contributed by atoms with van der Waals surface area (Å²) in [7, 11) is -12.0. The number of amides is 1. The van der Waals surface area contributed by atoms with Gasteiger partial charge >= 0.3 is 25.7 Å². The molecule has 0 aliphatic rings. The summed E-state index contributed by atoms with van der Waals surface area (Å²) in [5, 5.41) is 57.4. The summed E-state index contributed by atoms with van der Waals surface area (Å²) in [6, 6.07) is 1.52. The molecule has 1 amide bonds. The predicted molar refractivity (Wildman–Crippen MR) is 199 cm³/mol. The second-order valence-corrected chi connectivity index (χ2v) is 35.4. The van der Waals surface area contributed by atoms with E-state index < -0.39 is 79.2 Å². The lowest BCUT2D eigenvalue weighted by molar-refractivity contribution is -0.148. The fraction of sp³-hybridized carbons (Fsp3) is 0.964. The zero-order chi connectivity index (χ0) is 36.9. The highest BCUT2D eigenvalue weighted by molar-refractivity contribution is 6.91. The Labute approximate surface area is 289 Å². The number of nitrogens with two attached hydrogens (primary N) is 1. The Hall–Kier alpha value is 0.0744. The van der Waals surface area contributed by atoms with Gasteiger partial charge in [0.15, 0.2) is 22.7 Å². The Bertz CT molecular complexity index is 905. The van der Waals surface area contributed by atoms with E-state index in [1.807, 2.05) is 0 Å². The average molecular weight is 763 g/mol. The van der Waals surface area contributed by atoms with E-state index in [1.54, 1.807) is 0 Å². The highest BCUT2D eigenvalue weighted by atomic mass is 28.5. The van der Waals surface area contributed by atoms with Crippen molar-refractivity contribution in [1.82, 2.24) is 16.0 Å². The Kier molecular flexibility index (Phi) is 20.8. The summed E-state index contributed by atoms with van der Waals surface area (Å²) in [6.45, 7) is 28.4. The van der Waals surface area contributed by atoms with Crippen LogP contribution in [0.5, 0.6) is 0 Å². The monoisotopic (exact) mass is 762 g/mol. The molecule has 0 rings (SSSR count). The highest BCUT2D eigenvalue weighted by Crippen LogP contribution is 2.33. The molecule has 0 saturated carbocycles. The van der Waals surface area contributed by atoms with E-state index in [1.165, 1.54) is 0 Å². The Morgan fingerprint density at radius 3 is 1.60 bits per heavy atom. The molecular weight excluding hydrogens is 693 g/mol. The van der Waals surface area contributed by atoms with E-state index in [-0.39, 0.29) is 12.5 Å². The molecule has 0 aliphatic carbocycles. The molecule has 0 heterocycles. The molecule has 0 saturated heterocycles. The van der Waals surface area contributed by atoms with Gasteiger partial charge in [0, 0.05) is 26.2 Å². The first-order valence-corrected chi connectivity index (χ1v) is 31.5. The first-order chi connectivity index (χ1) is 21.3. The lowest BCUT2D eigenvalue weighted by atomic mass is 10.0. The zero-order valence-electron chi connectivity index (χ0n) is 31.2. The van der Waals surface area contributed by atoms with Crippen LogP contribution >= 0.6 is 0 Å². The van der Waals surface area contributed by atoms with Crippen molar-refractivity contribution in [2.75, 3.05) is 45.9 Å². The molecule has 14 nitrogen and oxygen atoms in total. The smallest absolute Gasteiger partial charge is 0.317 e. The van der Waals surface area contributed by atoms with Gasteiger partial charge in [-0.1, -0.05) is 13.8 Å². The molecule has 0 bridgehead atoms. The molecule has 0 radical (unpaired) electrons. The molecule has 8 atom stereocenters. The minimum Gasteiger partial charge on any atom is -0.437 e. The molecule has 0 aromatic carbocycles. The quantitative estimate of drug-likeness (QED) is 0.0435. The Balaban J connectivity index is 5.66. The molecular formula is C28H70N4O10Si5. The van der Waals surface area contributed by atoms with Crippen LogP contribution in [0.4, 0.5) is 0 Å². The van der Waals surface area contributed by atoms with Gasteiger partial charge in [-0.05, 0) is 102 Å². The predicted octanol–water partition coefficient (Wildman–Crippen LogP) is 0.531. The van der Waals surface area contributed by atoms with Gasteiger partial charge in [-0.15, -0.1) is 0 Å². The second-order valence-electron chi connectivity index (χ2n) is 15.6. The van der Waals surface area contributed by atoms with Crippen molar-refractivity contribution in [3.63, 3.8) is 0 Å². The van der Waals surface area contributed by atoms with Gasteiger partial charge in [0.05, 0.1) is 6.61 Å². The van der Waals surface area contributed by atoms with Crippen molar-refractivity contribution < 1.29 is 46.8 Å². The average Bonchev–Trinajstić information content (AvgIpc) is 2.87. The molecule has 0 spiro atoms. The molecule has 47 heavy (non-hydrogen) atoms. The molecule has 8 unspecified atom stereocenters. The number of carbonyl (C=O) groups excluding carboxylic acids is 1. The van der Waals surface area contributed by atoms with E-state index in [2.05, 4.69) is 95.3 Å². The maximum atomic E-state index is 12.2. The van der Waals surface area contributed by atoms with Crippen LogP contribution in [-0.4, -0.2) is 144 Å². The number of aliphatic hydroxyl groups is 5. The van der Waals surface area contributed by atoms with Crippen LogP contribution in [0.25, 0.3) is 0 Å². The normalized spacial score (nSPS) is 19.6. The van der Waals surface area contributed by atoms with Crippen LogP contribution < -0.4 is 21.7 Å². The van der Waals surface area contributed by atoms with Gasteiger partial charge in [0.2, 0.25) is 0 Å². The van der Waals surface area contributed by atoms with Gasteiger partial charge in [-0.2, -0.15) is 0 Å². The standard InChI is InChI=1S/C28H70N4O10Si5/c1-22(17-30-14-13-29)20-46(11,40-44(6,7)8)42-47(12,41-45(9,10)39-43(3,4)5)21-23(2)18-31-15-16-32-28(38)27(37)26(36)25(35)24(34)19-33/h22-27,30-31,33-37H,13-21,29H2,1-12H3,(H,32,38). The second kappa shape index (κ2) is 20.8. The summed E-state index contributed by atoms with van der Waals surface area (Å²) in [5.41, 5.74) is 5.69. The van der Waals surface area contributed by atoms with Gasteiger partial charge in [0.25, 0.3) is 5.91 Å². The molecule has 0 aromatic rings. The van der Waals surface area contributed by atoms with E-state index >= 15 is 0 Å². The van der Waals surface area contributed by atoms with Crippen molar-refractivity contribution in [2.24, 2.45) is 17.6 Å². The number of rotatable bonds is 26. The number of aliphatic hydroxyl groups excluding tert-OH is 5. The summed E-state index contributed by atoms with van der Waals surface area (Å²) in [4.78, 5) is 12.2. The van der Waals surface area contributed by atoms with Crippen molar-refractivity contribution >= 4 is 48.2 Å². The van der Waals surface area contributed by atoms with Crippen LogP contribution in [0.1, 0.15) is 13.8 Å². The van der Waals surface area contributed by atoms with Crippen LogP contribution in [-0.2, 0) is 21.3 Å². The fourth-order valence-corrected chi connectivity index (χ4v) is 30.5. The summed E-state index contributed by atoms with van der Waals surface area (Å²) in [5.74, 6) is -0.421. The maximum absolute atomic E-state index is 12.2. The Morgan fingerprint density at radius 1 is 0.681 bits per heavy atom. The van der Waals surface area contributed by atoms with Crippen molar-refractivity contribution in [3.05, 3.63) is 0 Å². The third-order valence-electron chi connectivity index (χ3n) is 6.84. The first kappa shape index (κ1) is 47.1. The fourth-order valence-electron chi connectivity index (χ4n) is 5.86. The van der Waals surface area contributed by atoms with Gasteiger partial charge in [-0.3, -0.25) is 4.79 Å². The van der Waals surface area contributed by atoms with Crippen LogP contribution in [0.15, 0.2) is 0 Å². The topological polar surface area (TPSA) is 217 Å². The third-order valence-corrected chi connectivity index (χ3v) is 25.5. The molecule has 0 aliphatic heterocycles. The summed E-state index contributed by atoms with van der Waals surface area (Å²) in [6.07, 6.45) is -7.47. The third kappa shape index (κ3) is 21.1. The van der Waals surface area contributed by atoms with E-state index in [0.717, 1.165) is 19.1 Å². The molecule has 0 aromatic heterocycles. The summed E-state index contributed by atoms with van der Waals surface area (Å²) < 4.78 is 27.8. The minimum atomic E-state index is -2.88. The van der Waals surface area contributed by atoms with Gasteiger partial charge in [-0.25, -0.2) is 0 Å². The SMILES string of the molecule is CC(CNCCN)C[Si](C)(O[Si](C)(C)C)O[Si](C)(CC(C)CNCCNC(=O)C(O)C(O)C(O)C(O)CO)O[Si](C)(C)O[Si](C)(C)C. The zero-order valence-corrected chi connectivity index (χ0v) is 36.2. The van der Waals surface area contributed by atoms with Crippen molar-refractivity contribution in [3.8, 4) is 0 Å². The van der Waals surface area contributed by atoms with Crippen molar-refractivity contribution in [1.29, 1.82) is 0 Å². The van der Waals surface area contributed by atoms with Gasteiger partial charge in [0.1, 0.15) is 18.3 Å². The Morgan fingerprint density at radius 2 is 1.15 bits per heavy atom. The van der Waals surface area contributed by atoms with Crippen LogP contribution in [0, 0.1) is 11.8 Å². The molecule has 0 fully saturated rings. The number of hydrogen-bond acceptors (Lipinski definition) is 13. The van der Waals surface area contributed by atoms with E-state index in [4.69, 9.17) is 27.3 Å². The molecule has 282 valence electrons. The first-order valence-electron chi connectivity index (χ1n) is 16.8. The largest absolute Gasteiger partial charge is 0.437 e. The number of hydrogen-bond donors (Lipinski definition) is 9. The minimum absolute atomic E-state index is 0.148. The van der Waals surface area contributed by atoms with Gasteiger partial charge < -0.3 is 63.7 Å². The summed E-state index contributed by atoms with van der Waals surface area (Å²) >= 11 is 0. The van der Waals surface area contributed by atoms with Crippen LogP contribution in [0.3, 0.4) is 0 Å². The number of carbonyl (C=O) groups is 1. The van der Waals surface area contributed by atoms with E-state index in [0.29, 0.717) is 31.6 Å². The maximum Gasteiger partial charge on any atom is 0.317 e. The lowest BCUT2D eigenvalue weighted by Crippen LogP contribution is -2.61. The highest BCUT2D eigenvalue weighted by Gasteiger charge is 2.50. The lowest BCUT2D eigenvalue weighted by Gasteiger charge is -2.45. The molecule has 19 heteroatoms. The van der Waals surface area contributed by atoms with E-state index in [9.17, 15) is 25.2 Å². The van der Waals surface area contributed by atoms with Crippen molar-refractivity contribution in [2.45, 2.75) is 116 Å². The molecule has 10 N–H and O–H groups in total.